The van der Waals surface area contributed by atoms with Gasteiger partial charge in [-0.25, -0.2) is 4.79 Å². The number of carboxylic acids is 1. The van der Waals surface area contributed by atoms with Crippen molar-refractivity contribution in [2.75, 3.05) is 11.4 Å². The maximum absolute atomic E-state index is 11.5. The highest BCUT2D eigenvalue weighted by Gasteiger charge is 2.26. The zero-order chi connectivity index (χ0) is 15.0. The van der Waals surface area contributed by atoms with Gasteiger partial charge in [0, 0.05) is 23.1 Å². The third-order valence-electron chi connectivity index (χ3n) is 3.64. The van der Waals surface area contributed by atoms with E-state index in [1.807, 2.05) is 30.3 Å². The van der Waals surface area contributed by atoms with Gasteiger partial charge in [-0.1, -0.05) is 35.3 Å². The Hall–Kier alpha value is -1.71. The Bertz CT molecular complexity index is 698. The van der Waals surface area contributed by atoms with Crippen molar-refractivity contribution >= 4 is 34.9 Å². The first-order valence-corrected chi connectivity index (χ1v) is 7.35. The first-order chi connectivity index (χ1) is 10.0. The first-order valence-electron chi connectivity index (χ1n) is 6.59. The van der Waals surface area contributed by atoms with Crippen LogP contribution in [0.15, 0.2) is 36.4 Å². The van der Waals surface area contributed by atoms with Crippen molar-refractivity contribution in [1.82, 2.24) is 0 Å². The second kappa shape index (κ2) is 5.58. The summed E-state index contributed by atoms with van der Waals surface area (Å²) in [5.74, 6) is -0.947. The Morgan fingerprint density at radius 3 is 2.52 bits per heavy atom. The van der Waals surface area contributed by atoms with Crippen LogP contribution < -0.4 is 4.90 Å². The molecule has 3 rings (SSSR count). The molecule has 21 heavy (non-hydrogen) atoms. The minimum atomic E-state index is -0.947. The molecular weight excluding hydrogens is 309 g/mol. The molecule has 1 N–H and O–H groups in total. The van der Waals surface area contributed by atoms with E-state index in [0.717, 1.165) is 29.8 Å². The third-order valence-corrected chi connectivity index (χ3v) is 4.11. The number of hydrogen-bond donors (Lipinski definition) is 1. The molecule has 1 aliphatic rings. The molecule has 1 aliphatic heterocycles. The number of aromatic carboxylic acids is 1. The Labute approximate surface area is 132 Å². The van der Waals surface area contributed by atoms with Crippen LogP contribution in [0.25, 0.3) is 0 Å². The fraction of sp³-hybridized carbons (Fsp3) is 0.188. The number of fused-ring (bicyclic) bond motifs is 1. The van der Waals surface area contributed by atoms with E-state index in [-0.39, 0.29) is 5.56 Å². The van der Waals surface area contributed by atoms with Crippen molar-refractivity contribution in [1.29, 1.82) is 0 Å². The Balaban J connectivity index is 1.96. The summed E-state index contributed by atoms with van der Waals surface area (Å²) in [5, 5.41) is 10.6. The lowest BCUT2D eigenvalue weighted by molar-refractivity contribution is 0.0697. The summed E-state index contributed by atoms with van der Waals surface area (Å²) in [4.78, 5) is 13.5. The fourth-order valence-corrected chi connectivity index (χ4v) is 3.09. The molecule has 0 unspecified atom stereocenters. The van der Waals surface area contributed by atoms with Gasteiger partial charge in [-0.05, 0) is 41.8 Å². The smallest absolute Gasteiger partial charge is 0.337 e. The number of nitrogens with zero attached hydrogens (tertiary/aromatic N) is 1. The van der Waals surface area contributed by atoms with Gasteiger partial charge in [-0.3, -0.25) is 0 Å². The van der Waals surface area contributed by atoms with E-state index >= 15 is 0 Å². The molecule has 0 spiro atoms. The van der Waals surface area contributed by atoms with Crippen LogP contribution in [0.3, 0.4) is 0 Å². The van der Waals surface area contributed by atoms with Crippen molar-refractivity contribution in [3.8, 4) is 0 Å². The van der Waals surface area contributed by atoms with Crippen LogP contribution in [0.1, 0.15) is 21.5 Å². The minimum Gasteiger partial charge on any atom is -0.478 e. The van der Waals surface area contributed by atoms with E-state index in [2.05, 4.69) is 4.90 Å². The summed E-state index contributed by atoms with van der Waals surface area (Å²) in [6.07, 6.45) is 0.809. The zero-order valence-corrected chi connectivity index (χ0v) is 12.7. The van der Waals surface area contributed by atoms with Gasteiger partial charge in [0.25, 0.3) is 0 Å². The van der Waals surface area contributed by atoms with Gasteiger partial charge in [0.15, 0.2) is 0 Å². The van der Waals surface area contributed by atoms with Gasteiger partial charge >= 0.3 is 5.97 Å². The standard InChI is InChI=1S/C16H13Cl2NO2/c17-12-3-1-10(2-4-12)9-19-6-5-11-7-13(18)8-14(15(11)19)16(20)21/h1-4,7-8H,5-6,9H2,(H,20,21). The fourth-order valence-electron chi connectivity index (χ4n) is 2.72. The van der Waals surface area contributed by atoms with Crippen LogP contribution in [-0.2, 0) is 13.0 Å². The van der Waals surface area contributed by atoms with Gasteiger partial charge < -0.3 is 10.0 Å². The van der Waals surface area contributed by atoms with Crippen LogP contribution in [0.4, 0.5) is 5.69 Å². The van der Waals surface area contributed by atoms with Crippen molar-refractivity contribution < 1.29 is 9.90 Å². The molecule has 108 valence electrons. The summed E-state index contributed by atoms with van der Waals surface area (Å²) in [5.41, 5.74) is 3.14. The molecular formula is C16H13Cl2NO2. The lowest BCUT2D eigenvalue weighted by atomic mass is 10.1. The number of carbonyl (C=O) groups is 1. The number of anilines is 1. The number of hydrogen-bond acceptors (Lipinski definition) is 2. The molecule has 5 heteroatoms. The van der Waals surface area contributed by atoms with Gasteiger partial charge in [0.05, 0.1) is 11.3 Å². The zero-order valence-electron chi connectivity index (χ0n) is 11.1. The average Bonchev–Trinajstić information content (AvgIpc) is 2.83. The second-order valence-electron chi connectivity index (χ2n) is 5.06. The average molecular weight is 322 g/mol. The minimum absolute atomic E-state index is 0.268. The number of benzene rings is 2. The van der Waals surface area contributed by atoms with Crippen LogP contribution in [0.2, 0.25) is 10.0 Å². The Morgan fingerprint density at radius 1 is 1.14 bits per heavy atom. The largest absolute Gasteiger partial charge is 0.478 e. The number of carboxylic acid groups (broad SMARTS) is 1. The molecule has 0 aromatic heterocycles. The molecule has 0 saturated carbocycles. The highest BCUT2D eigenvalue weighted by atomic mass is 35.5. The van der Waals surface area contributed by atoms with Crippen LogP contribution in [0.5, 0.6) is 0 Å². The Morgan fingerprint density at radius 2 is 1.86 bits per heavy atom. The van der Waals surface area contributed by atoms with Crippen molar-refractivity contribution in [2.24, 2.45) is 0 Å². The molecule has 0 fully saturated rings. The first kappa shape index (κ1) is 14.2. The van der Waals surface area contributed by atoms with Gasteiger partial charge in [0.2, 0.25) is 0 Å². The SMILES string of the molecule is O=C(O)c1cc(Cl)cc2c1N(Cc1ccc(Cl)cc1)CC2. The summed E-state index contributed by atoms with van der Waals surface area (Å²) >= 11 is 11.9. The summed E-state index contributed by atoms with van der Waals surface area (Å²) in [6, 6.07) is 11.0. The molecule has 2 aromatic rings. The molecule has 0 aliphatic carbocycles. The van der Waals surface area contributed by atoms with Crippen molar-refractivity contribution in [3.05, 3.63) is 63.1 Å². The molecule has 1 heterocycles. The Kier molecular flexibility index (Phi) is 3.79. The highest BCUT2D eigenvalue weighted by molar-refractivity contribution is 6.31. The summed E-state index contributed by atoms with van der Waals surface area (Å²) in [6.45, 7) is 1.45. The molecule has 0 bridgehead atoms. The van der Waals surface area contributed by atoms with Crippen LogP contribution in [0, 0.1) is 0 Å². The van der Waals surface area contributed by atoms with Crippen molar-refractivity contribution in [2.45, 2.75) is 13.0 Å². The molecule has 0 radical (unpaired) electrons. The molecule has 0 atom stereocenters. The van der Waals surface area contributed by atoms with Crippen molar-refractivity contribution in [3.63, 3.8) is 0 Å². The molecule has 0 saturated heterocycles. The maximum Gasteiger partial charge on any atom is 0.337 e. The quantitative estimate of drug-likeness (QED) is 0.918. The lowest BCUT2D eigenvalue weighted by Crippen LogP contribution is -2.21. The third kappa shape index (κ3) is 2.85. The number of halogens is 2. The van der Waals surface area contributed by atoms with Gasteiger partial charge in [-0.2, -0.15) is 0 Å². The number of rotatable bonds is 3. The molecule has 3 nitrogen and oxygen atoms in total. The monoisotopic (exact) mass is 321 g/mol. The van der Waals surface area contributed by atoms with E-state index < -0.39 is 5.97 Å². The predicted octanol–water partition coefficient (Wildman–Crippen LogP) is 4.25. The molecule has 2 aromatic carbocycles. The lowest BCUT2D eigenvalue weighted by Gasteiger charge is -2.21. The van der Waals surface area contributed by atoms with E-state index in [1.165, 1.54) is 6.07 Å². The van der Waals surface area contributed by atoms with E-state index in [1.54, 1.807) is 0 Å². The second-order valence-corrected chi connectivity index (χ2v) is 5.94. The summed E-state index contributed by atoms with van der Waals surface area (Å²) in [7, 11) is 0. The van der Waals surface area contributed by atoms with Gasteiger partial charge in [-0.15, -0.1) is 0 Å². The topological polar surface area (TPSA) is 40.5 Å². The highest BCUT2D eigenvalue weighted by Crippen LogP contribution is 2.35. The van der Waals surface area contributed by atoms with E-state index in [4.69, 9.17) is 23.2 Å². The maximum atomic E-state index is 11.5. The normalized spacial score (nSPS) is 13.3. The van der Waals surface area contributed by atoms with Crippen LogP contribution in [-0.4, -0.2) is 17.6 Å². The van der Waals surface area contributed by atoms with E-state index in [9.17, 15) is 9.90 Å². The van der Waals surface area contributed by atoms with Crippen LogP contribution >= 0.6 is 23.2 Å². The van der Waals surface area contributed by atoms with E-state index in [0.29, 0.717) is 16.6 Å². The molecule has 0 amide bonds. The summed E-state index contributed by atoms with van der Waals surface area (Å²) < 4.78 is 0. The van der Waals surface area contributed by atoms with Gasteiger partial charge in [0.1, 0.15) is 0 Å². The predicted molar refractivity (Wildman–Crippen MR) is 84.6 cm³/mol.